The van der Waals surface area contributed by atoms with Crippen molar-refractivity contribution in [2.45, 2.75) is 19.9 Å². The van der Waals surface area contributed by atoms with Gasteiger partial charge in [0.2, 0.25) is 5.88 Å². The number of methoxy groups -OCH3 is 2. The van der Waals surface area contributed by atoms with Gasteiger partial charge in [-0.1, -0.05) is 12.1 Å². The molecule has 156 valence electrons. The Bertz CT molecular complexity index is 795. The van der Waals surface area contributed by atoms with Crippen LogP contribution in [0.4, 0.5) is 0 Å². The molecule has 1 saturated heterocycles. The van der Waals surface area contributed by atoms with E-state index in [-0.39, 0.29) is 0 Å². The summed E-state index contributed by atoms with van der Waals surface area (Å²) in [4.78, 5) is 11.5. The predicted molar refractivity (Wildman–Crippen MR) is 114 cm³/mol. The predicted octanol–water partition coefficient (Wildman–Crippen LogP) is 3.32. The zero-order valence-corrected chi connectivity index (χ0v) is 17.4. The fraction of sp³-hybridized carbons (Fsp3) is 0.455. The van der Waals surface area contributed by atoms with Crippen molar-refractivity contribution < 1.29 is 14.2 Å². The fourth-order valence-corrected chi connectivity index (χ4v) is 3.34. The summed E-state index contributed by atoms with van der Waals surface area (Å²) in [5.41, 5.74) is 1.03. The number of benzene rings is 1. The summed E-state index contributed by atoms with van der Waals surface area (Å²) in [6, 6.07) is 11.3. The Labute approximate surface area is 172 Å². The van der Waals surface area contributed by atoms with Gasteiger partial charge in [0.25, 0.3) is 0 Å². The summed E-state index contributed by atoms with van der Waals surface area (Å²) < 4.78 is 16.3. The Kier molecular flexibility index (Phi) is 7.69. The molecule has 1 N–H and O–H groups in total. The topological polar surface area (TPSA) is 68.2 Å². The van der Waals surface area contributed by atoms with Crippen LogP contribution in [0.2, 0.25) is 0 Å². The Morgan fingerprint density at radius 1 is 1.24 bits per heavy atom. The number of hydrogen-bond acceptors (Lipinski definition) is 5. The summed E-state index contributed by atoms with van der Waals surface area (Å²) in [6.45, 7) is 6.28. The van der Waals surface area contributed by atoms with E-state index in [9.17, 15) is 0 Å². The van der Waals surface area contributed by atoms with Gasteiger partial charge in [-0.2, -0.15) is 0 Å². The highest BCUT2D eigenvalue weighted by atomic mass is 16.5. The molecule has 1 atom stereocenters. The van der Waals surface area contributed by atoms with E-state index in [0.29, 0.717) is 24.1 Å². The average molecular weight is 399 g/mol. The van der Waals surface area contributed by atoms with Gasteiger partial charge >= 0.3 is 0 Å². The van der Waals surface area contributed by atoms with E-state index in [0.717, 1.165) is 49.9 Å². The Hall–Kier alpha value is -2.80. The second kappa shape index (κ2) is 10.7. The first-order valence-electron chi connectivity index (χ1n) is 10.0. The van der Waals surface area contributed by atoms with Crippen molar-refractivity contribution in [1.29, 1.82) is 0 Å². The summed E-state index contributed by atoms with van der Waals surface area (Å²) in [6.07, 6.45) is 2.94. The van der Waals surface area contributed by atoms with Crippen molar-refractivity contribution >= 4 is 5.96 Å². The third-order valence-electron chi connectivity index (χ3n) is 4.80. The molecule has 0 spiro atoms. The van der Waals surface area contributed by atoms with Gasteiger partial charge < -0.3 is 24.4 Å². The molecule has 0 aliphatic carbocycles. The van der Waals surface area contributed by atoms with E-state index in [1.54, 1.807) is 20.4 Å². The first kappa shape index (κ1) is 20.9. The second-order valence-corrected chi connectivity index (χ2v) is 7.01. The minimum atomic E-state index is 0.542. The number of nitrogens with one attached hydrogen (secondary N) is 1. The molecule has 1 fully saturated rings. The molecule has 7 heteroatoms. The van der Waals surface area contributed by atoms with Crippen molar-refractivity contribution in [2.75, 3.05) is 40.5 Å². The fourth-order valence-electron chi connectivity index (χ4n) is 3.34. The first-order valence-corrected chi connectivity index (χ1v) is 10.0. The highest BCUT2D eigenvalue weighted by Crippen LogP contribution is 2.24. The normalized spacial score (nSPS) is 16.7. The molecule has 1 aliphatic rings. The third kappa shape index (κ3) is 6.09. The number of ether oxygens (including phenoxy) is 3. The van der Waals surface area contributed by atoms with Gasteiger partial charge in [-0.25, -0.2) is 9.98 Å². The quantitative estimate of drug-likeness (QED) is 0.544. The number of nitrogens with zero attached hydrogens (tertiary/aromatic N) is 3. The summed E-state index contributed by atoms with van der Waals surface area (Å²) >= 11 is 0. The lowest BCUT2D eigenvalue weighted by Gasteiger charge is -2.21. The van der Waals surface area contributed by atoms with Gasteiger partial charge in [0, 0.05) is 51.0 Å². The third-order valence-corrected chi connectivity index (χ3v) is 4.80. The second-order valence-electron chi connectivity index (χ2n) is 7.01. The number of guanidine groups is 1. The number of likely N-dealkylation sites (tertiary alicyclic amines) is 1. The van der Waals surface area contributed by atoms with Gasteiger partial charge in [-0.05, 0) is 31.0 Å². The lowest BCUT2D eigenvalue weighted by molar-refractivity contribution is 0.157. The van der Waals surface area contributed by atoms with Gasteiger partial charge in [0.05, 0.1) is 20.3 Å². The zero-order chi connectivity index (χ0) is 20.5. The summed E-state index contributed by atoms with van der Waals surface area (Å²) in [7, 11) is 3.39. The maximum absolute atomic E-state index is 5.80. The van der Waals surface area contributed by atoms with Crippen LogP contribution in [0.5, 0.6) is 17.4 Å². The molecule has 1 unspecified atom stereocenters. The van der Waals surface area contributed by atoms with Crippen molar-refractivity contribution in [3.63, 3.8) is 0 Å². The molecule has 1 aliphatic heterocycles. The van der Waals surface area contributed by atoms with Crippen LogP contribution in [-0.4, -0.2) is 56.3 Å². The van der Waals surface area contributed by atoms with Crippen LogP contribution in [-0.2, 0) is 11.3 Å². The molecule has 2 heterocycles. The molecule has 1 aromatic carbocycles. The Morgan fingerprint density at radius 3 is 2.83 bits per heavy atom. The number of pyridine rings is 1. The summed E-state index contributed by atoms with van der Waals surface area (Å²) in [5.74, 6) is 3.50. The molecule has 0 bridgehead atoms. The van der Waals surface area contributed by atoms with E-state index in [1.165, 1.54) is 0 Å². The van der Waals surface area contributed by atoms with Crippen LogP contribution in [0.15, 0.2) is 47.6 Å². The molecule has 0 saturated carbocycles. The van der Waals surface area contributed by atoms with E-state index in [1.807, 2.05) is 36.4 Å². The minimum Gasteiger partial charge on any atom is -0.497 e. The molecule has 2 aromatic rings. The van der Waals surface area contributed by atoms with Crippen molar-refractivity contribution in [3.8, 4) is 17.4 Å². The van der Waals surface area contributed by atoms with Crippen LogP contribution in [0.25, 0.3) is 0 Å². The molecule has 3 rings (SSSR count). The molecule has 1 aromatic heterocycles. The molecule has 0 radical (unpaired) electrons. The number of aliphatic imine (C=N–C) groups is 1. The first-order chi connectivity index (χ1) is 14.2. The molecule has 0 amide bonds. The van der Waals surface area contributed by atoms with E-state index >= 15 is 0 Å². The molecular formula is C22H30N4O3. The Balaban J connectivity index is 1.60. The van der Waals surface area contributed by atoms with E-state index in [2.05, 4.69) is 22.1 Å². The smallest absolute Gasteiger partial charge is 0.219 e. The molecule has 29 heavy (non-hydrogen) atoms. The van der Waals surface area contributed by atoms with Crippen molar-refractivity contribution in [3.05, 3.63) is 48.2 Å². The number of rotatable bonds is 8. The van der Waals surface area contributed by atoms with Crippen molar-refractivity contribution in [1.82, 2.24) is 15.2 Å². The van der Waals surface area contributed by atoms with E-state index < -0.39 is 0 Å². The maximum Gasteiger partial charge on any atom is 0.219 e. The monoisotopic (exact) mass is 398 g/mol. The largest absolute Gasteiger partial charge is 0.497 e. The van der Waals surface area contributed by atoms with Crippen LogP contribution in [0, 0.1) is 5.92 Å². The zero-order valence-electron chi connectivity index (χ0n) is 17.4. The van der Waals surface area contributed by atoms with Gasteiger partial charge in [0.1, 0.15) is 11.5 Å². The van der Waals surface area contributed by atoms with Crippen LogP contribution in [0.3, 0.4) is 0 Å². The molecular weight excluding hydrogens is 368 g/mol. The van der Waals surface area contributed by atoms with Crippen LogP contribution < -0.4 is 14.8 Å². The lowest BCUT2D eigenvalue weighted by Crippen LogP contribution is -2.40. The number of aromatic nitrogens is 1. The minimum absolute atomic E-state index is 0.542. The summed E-state index contributed by atoms with van der Waals surface area (Å²) in [5, 5.41) is 3.39. The van der Waals surface area contributed by atoms with E-state index in [4.69, 9.17) is 19.2 Å². The highest BCUT2D eigenvalue weighted by molar-refractivity contribution is 5.80. The van der Waals surface area contributed by atoms with Crippen LogP contribution in [0.1, 0.15) is 18.9 Å². The van der Waals surface area contributed by atoms with Gasteiger partial charge in [-0.3, -0.25) is 0 Å². The maximum atomic E-state index is 5.80. The lowest BCUT2D eigenvalue weighted by atomic mass is 10.1. The SMILES string of the molecule is CCNC(=NCc1ccc(Oc2cccc(OC)c2)nc1)N1CCC(COC)C1. The highest BCUT2D eigenvalue weighted by Gasteiger charge is 2.24. The average Bonchev–Trinajstić information content (AvgIpc) is 3.21. The molecule has 7 nitrogen and oxygen atoms in total. The van der Waals surface area contributed by atoms with Crippen molar-refractivity contribution in [2.24, 2.45) is 10.9 Å². The number of hydrogen-bond donors (Lipinski definition) is 1. The van der Waals surface area contributed by atoms with Crippen LogP contribution >= 0.6 is 0 Å². The standard InChI is InChI=1S/C22H30N4O3/c1-4-23-22(26-11-10-18(15-26)16-27-2)25-14-17-8-9-21(24-13-17)29-20-7-5-6-19(12-20)28-3/h5-9,12-13,18H,4,10-11,14-16H2,1-3H3,(H,23,25). The van der Waals surface area contributed by atoms with Gasteiger partial charge in [-0.15, -0.1) is 0 Å². The Morgan fingerprint density at radius 2 is 2.10 bits per heavy atom. The van der Waals surface area contributed by atoms with Gasteiger partial charge in [0.15, 0.2) is 5.96 Å².